The molecule has 0 bridgehead atoms. The van der Waals surface area contributed by atoms with E-state index in [0.717, 1.165) is 31.1 Å². The van der Waals surface area contributed by atoms with Gasteiger partial charge in [0.15, 0.2) is 11.5 Å². The van der Waals surface area contributed by atoms with Crippen LogP contribution in [0, 0.1) is 5.92 Å². The van der Waals surface area contributed by atoms with Gasteiger partial charge in [0.25, 0.3) is 5.91 Å². The van der Waals surface area contributed by atoms with E-state index in [-0.39, 0.29) is 23.9 Å². The second-order valence-corrected chi connectivity index (χ2v) is 10.2. The van der Waals surface area contributed by atoms with E-state index < -0.39 is 5.60 Å². The molecule has 1 aliphatic heterocycles. The number of fused-ring (bicyclic) bond motifs is 1. The van der Waals surface area contributed by atoms with Crippen molar-refractivity contribution in [3.05, 3.63) is 41.3 Å². The summed E-state index contributed by atoms with van der Waals surface area (Å²) in [6.45, 7) is 4.90. The van der Waals surface area contributed by atoms with Gasteiger partial charge in [0.1, 0.15) is 0 Å². The molecule has 2 fully saturated rings. The summed E-state index contributed by atoms with van der Waals surface area (Å²) in [6.07, 6.45) is 8.31. The minimum Gasteiger partial charge on any atom is -0.390 e. The average molecular weight is 485 g/mol. The van der Waals surface area contributed by atoms with E-state index in [0.29, 0.717) is 41.0 Å². The Bertz CT molecular complexity index is 1200. The zero-order valence-electron chi connectivity index (χ0n) is 19.3. The molecule has 34 heavy (non-hydrogen) atoms. The van der Waals surface area contributed by atoms with Gasteiger partial charge in [0.05, 0.1) is 47.3 Å². The molecule has 10 heteroatoms. The molecular formula is C24H29ClN6O3. The number of carbonyl (C=O) groups is 1. The van der Waals surface area contributed by atoms with Crippen molar-refractivity contribution in [3.8, 4) is 5.82 Å². The van der Waals surface area contributed by atoms with Gasteiger partial charge in [0.2, 0.25) is 0 Å². The normalized spacial score (nSPS) is 21.3. The zero-order valence-corrected chi connectivity index (χ0v) is 20.0. The molecule has 5 rings (SSSR count). The van der Waals surface area contributed by atoms with Crippen LogP contribution in [0.5, 0.6) is 0 Å². The molecule has 180 valence electrons. The Balaban J connectivity index is 1.38. The summed E-state index contributed by atoms with van der Waals surface area (Å²) in [5.74, 6) is 0.642. The maximum atomic E-state index is 13.2. The molecule has 0 unspecified atom stereocenters. The SMILES string of the molecule is CC(C)(O)C1CCC(NC(=O)c2cnc(-n3ncc4cc(Cl)cnc43)cc2NC2COC2)CC1. The number of pyridine rings is 2. The van der Waals surface area contributed by atoms with Crippen LogP contribution in [0.15, 0.2) is 30.7 Å². The van der Waals surface area contributed by atoms with Gasteiger partial charge in [-0.1, -0.05) is 11.6 Å². The molecule has 3 N–H and O–H groups in total. The molecular weight excluding hydrogens is 456 g/mol. The molecule has 1 aliphatic carbocycles. The smallest absolute Gasteiger partial charge is 0.255 e. The van der Waals surface area contributed by atoms with Gasteiger partial charge in [-0.25, -0.2) is 9.97 Å². The first-order valence-corrected chi connectivity index (χ1v) is 12.0. The zero-order chi connectivity index (χ0) is 23.9. The van der Waals surface area contributed by atoms with Gasteiger partial charge in [-0.15, -0.1) is 0 Å². The van der Waals surface area contributed by atoms with Crippen LogP contribution < -0.4 is 10.6 Å². The van der Waals surface area contributed by atoms with Gasteiger partial charge >= 0.3 is 0 Å². The van der Waals surface area contributed by atoms with Gasteiger partial charge in [-0.2, -0.15) is 9.78 Å². The number of aromatic nitrogens is 4. The first-order chi connectivity index (χ1) is 16.3. The highest BCUT2D eigenvalue weighted by atomic mass is 35.5. The van der Waals surface area contributed by atoms with E-state index in [1.807, 2.05) is 19.9 Å². The predicted octanol–water partition coefficient (Wildman–Crippen LogP) is 3.34. The average Bonchev–Trinajstić information content (AvgIpc) is 3.19. The number of carbonyl (C=O) groups excluding carboxylic acids is 1. The number of amides is 1. The van der Waals surface area contributed by atoms with E-state index in [9.17, 15) is 9.90 Å². The van der Waals surface area contributed by atoms with Crippen LogP contribution in [0.1, 0.15) is 49.9 Å². The van der Waals surface area contributed by atoms with Crippen LogP contribution in [0.25, 0.3) is 16.9 Å². The molecule has 2 aliphatic rings. The number of nitrogens with one attached hydrogen (secondary N) is 2. The molecule has 4 heterocycles. The highest BCUT2D eigenvalue weighted by Gasteiger charge is 2.32. The van der Waals surface area contributed by atoms with Crippen LogP contribution in [0.2, 0.25) is 5.02 Å². The lowest BCUT2D eigenvalue weighted by molar-refractivity contribution is -0.00257. The summed E-state index contributed by atoms with van der Waals surface area (Å²) >= 11 is 6.05. The molecule has 1 saturated carbocycles. The number of rotatable bonds is 6. The van der Waals surface area contributed by atoms with Crippen LogP contribution in [0.4, 0.5) is 5.69 Å². The molecule has 3 aromatic rings. The molecule has 1 saturated heterocycles. The summed E-state index contributed by atoms with van der Waals surface area (Å²) in [5.41, 5.74) is 1.11. The lowest BCUT2D eigenvalue weighted by Crippen LogP contribution is -2.43. The minimum atomic E-state index is -0.687. The first kappa shape index (κ1) is 23.0. The number of hydrogen-bond acceptors (Lipinski definition) is 7. The van der Waals surface area contributed by atoms with Crippen LogP contribution in [0.3, 0.4) is 0 Å². The lowest BCUT2D eigenvalue weighted by atomic mass is 9.77. The molecule has 9 nitrogen and oxygen atoms in total. The third-order valence-corrected chi connectivity index (χ3v) is 6.99. The number of ether oxygens (including phenoxy) is 1. The number of nitrogens with zero attached hydrogens (tertiary/aromatic N) is 4. The quantitative estimate of drug-likeness (QED) is 0.491. The van der Waals surface area contributed by atoms with Gasteiger partial charge in [-0.3, -0.25) is 4.79 Å². The predicted molar refractivity (Wildman–Crippen MR) is 129 cm³/mol. The minimum absolute atomic E-state index is 0.0784. The first-order valence-electron chi connectivity index (χ1n) is 11.6. The highest BCUT2D eigenvalue weighted by molar-refractivity contribution is 6.31. The van der Waals surface area contributed by atoms with Gasteiger partial charge in [0, 0.05) is 29.9 Å². The Labute approximate surface area is 202 Å². The standard InChI is InChI=1S/C24H29ClN6O3/c1-24(2,33)15-3-5-17(6-4-15)30-23(32)19-11-26-21(8-20(19)29-18-12-34-13-18)31-22-14(9-28-31)7-16(25)10-27-22/h7-11,15,17-18,33H,3-6,12-13H2,1-2H3,(H,26,29)(H,30,32). The maximum absolute atomic E-state index is 13.2. The van der Waals surface area contributed by atoms with Crippen LogP contribution in [-0.2, 0) is 4.74 Å². The molecule has 0 atom stereocenters. The fraction of sp³-hybridized carbons (Fsp3) is 0.500. The van der Waals surface area contributed by atoms with E-state index in [4.69, 9.17) is 16.3 Å². The van der Waals surface area contributed by atoms with Crippen molar-refractivity contribution in [1.82, 2.24) is 25.1 Å². The summed E-state index contributed by atoms with van der Waals surface area (Å²) in [7, 11) is 0. The molecule has 3 aromatic heterocycles. The molecule has 0 radical (unpaired) electrons. The van der Waals surface area contributed by atoms with E-state index >= 15 is 0 Å². The Hall–Kier alpha value is -2.75. The third-order valence-electron chi connectivity index (χ3n) is 6.78. The van der Waals surface area contributed by atoms with Crippen molar-refractivity contribution in [3.63, 3.8) is 0 Å². The van der Waals surface area contributed by atoms with Crippen molar-refractivity contribution in [1.29, 1.82) is 0 Å². The maximum Gasteiger partial charge on any atom is 0.255 e. The third kappa shape index (κ3) is 4.73. The largest absolute Gasteiger partial charge is 0.390 e. The molecule has 0 aromatic carbocycles. The Morgan fingerprint density at radius 3 is 2.56 bits per heavy atom. The fourth-order valence-electron chi connectivity index (χ4n) is 4.67. The number of anilines is 1. The van der Waals surface area contributed by atoms with Gasteiger partial charge in [-0.05, 0) is 51.5 Å². The van der Waals surface area contributed by atoms with Crippen molar-refractivity contribution in [2.75, 3.05) is 18.5 Å². The van der Waals surface area contributed by atoms with Crippen LogP contribution in [-0.4, -0.2) is 61.7 Å². The second-order valence-electron chi connectivity index (χ2n) is 9.77. The topological polar surface area (TPSA) is 114 Å². The van der Waals surface area contributed by atoms with Crippen molar-refractivity contribution >= 4 is 34.2 Å². The molecule has 1 amide bonds. The summed E-state index contributed by atoms with van der Waals surface area (Å²) in [5, 5.41) is 22.6. The molecule has 0 spiro atoms. The van der Waals surface area contributed by atoms with Crippen molar-refractivity contribution in [2.45, 2.75) is 57.2 Å². The van der Waals surface area contributed by atoms with Crippen molar-refractivity contribution < 1.29 is 14.6 Å². The summed E-state index contributed by atoms with van der Waals surface area (Å²) in [6, 6.07) is 3.83. The van der Waals surface area contributed by atoms with E-state index in [1.54, 1.807) is 29.3 Å². The highest BCUT2D eigenvalue weighted by Crippen LogP contribution is 2.33. The fourth-order valence-corrected chi connectivity index (χ4v) is 4.84. The second kappa shape index (κ2) is 9.13. The van der Waals surface area contributed by atoms with Gasteiger partial charge < -0.3 is 20.5 Å². The summed E-state index contributed by atoms with van der Waals surface area (Å²) in [4.78, 5) is 22.1. The summed E-state index contributed by atoms with van der Waals surface area (Å²) < 4.78 is 6.93. The number of hydrogen-bond donors (Lipinski definition) is 3. The lowest BCUT2D eigenvalue weighted by Gasteiger charge is -2.36. The monoisotopic (exact) mass is 484 g/mol. The van der Waals surface area contributed by atoms with Crippen LogP contribution >= 0.6 is 11.6 Å². The van der Waals surface area contributed by atoms with E-state index in [1.165, 1.54) is 0 Å². The number of halogens is 1. The Morgan fingerprint density at radius 2 is 1.88 bits per heavy atom. The Kier molecular flexibility index (Phi) is 6.18. The van der Waals surface area contributed by atoms with Crippen molar-refractivity contribution in [2.24, 2.45) is 5.92 Å². The van der Waals surface area contributed by atoms with E-state index in [2.05, 4.69) is 25.7 Å². The Morgan fingerprint density at radius 1 is 1.12 bits per heavy atom. The number of aliphatic hydroxyl groups is 1.